The van der Waals surface area contributed by atoms with E-state index in [0.29, 0.717) is 48.2 Å². The summed E-state index contributed by atoms with van der Waals surface area (Å²) in [5.41, 5.74) is 6.60. The topological polar surface area (TPSA) is 135 Å². The summed E-state index contributed by atoms with van der Waals surface area (Å²) >= 11 is 0. The number of nitriles is 1. The molecule has 4 N–H and O–H groups in total. The second kappa shape index (κ2) is 8.79. The molecule has 9 nitrogen and oxygen atoms in total. The molecule has 2 aromatic heterocycles. The van der Waals surface area contributed by atoms with E-state index in [1.54, 1.807) is 6.07 Å². The van der Waals surface area contributed by atoms with Gasteiger partial charge in [0.15, 0.2) is 23.1 Å². The number of nitrogens with one attached hydrogen (secondary N) is 2. The lowest BCUT2D eigenvalue weighted by Crippen LogP contribution is -2.07. The third-order valence-corrected chi connectivity index (χ3v) is 3.75. The number of hydrogen-bond acceptors (Lipinski definition) is 8. The summed E-state index contributed by atoms with van der Waals surface area (Å²) in [7, 11) is 1.38. The number of halogens is 1. The Morgan fingerprint density at radius 2 is 2.14 bits per heavy atom. The predicted molar refractivity (Wildman–Crippen MR) is 99.7 cm³/mol. The molecule has 2 heterocycles. The Balaban J connectivity index is 1.90. The summed E-state index contributed by atoms with van der Waals surface area (Å²) in [5, 5.41) is 18.7. The quantitative estimate of drug-likeness (QED) is 0.505. The molecule has 0 bridgehead atoms. The number of H-pyrrole nitrogens is 1. The van der Waals surface area contributed by atoms with Gasteiger partial charge in [-0.15, -0.1) is 0 Å². The summed E-state index contributed by atoms with van der Waals surface area (Å²) in [6.07, 6.45) is 3.41. The fraction of sp³-hybridized carbons (Fsp3) is 0.222. The monoisotopic (exact) mass is 383 g/mol. The van der Waals surface area contributed by atoms with Crippen LogP contribution in [-0.2, 0) is 0 Å². The lowest BCUT2D eigenvalue weighted by Gasteiger charge is -2.14. The first-order chi connectivity index (χ1) is 13.7. The van der Waals surface area contributed by atoms with Crippen molar-refractivity contribution in [2.45, 2.75) is 6.42 Å². The highest BCUT2D eigenvalue weighted by molar-refractivity contribution is 5.76. The van der Waals surface area contributed by atoms with Crippen molar-refractivity contribution in [1.82, 2.24) is 20.2 Å². The van der Waals surface area contributed by atoms with Crippen LogP contribution in [0.25, 0.3) is 11.3 Å². The number of hydrogen-bond donors (Lipinski definition) is 3. The average Bonchev–Trinajstić information content (AvgIpc) is 3.17. The Bertz CT molecular complexity index is 983. The van der Waals surface area contributed by atoms with E-state index < -0.39 is 5.82 Å². The fourth-order valence-corrected chi connectivity index (χ4v) is 2.47. The number of benzene rings is 1. The minimum Gasteiger partial charge on any atom is -0.493 e. The van der Waals surface area contributed by atoms with E-state index in [1.165, 1.54) is 31.6 Å². The molecule has 0 unspecified atom stereocenters. The standard InChI is InChI=1S/C18H18FN7O2/c1-27-18-12(19)3-4-14(28-6-2-5-20)17(18)13-7-15(26-25-13)24-16-10-22-11(8-21)9-23-16/h3-4,7,9-10H,2,5-6,20H2,1H3,(H2,23,24,25,26). The van der Waals surface area contributed by atoms with Crippen molar-refractivity contribution in [3.05, 3.63) is 42.1 Å². The first kappa shape index (κ1) is 19.1. The van der Waals surface area contributed by atoms with Crippen LogP contribution >= 0.6 is 0 Å². The lowest BCUT2D eigenvalue weighted by molar-refractivity contribution is 0.310. The van der Waals surface area contributed by atoms with Crippen molar-refractivity contribution >= 4 is 11.6 Å². The number of methoxy groups -OCH3 is 1. The molecule has 0 atom stereocenters. The molecule has 1 aromatic carbocycles. The summed E-state index contributed by atoms with van der Waals surface area (Å²) in [6.45, 7) is 0.871. The van der Waals surface area contributed by atoms with Gasteiger partial charge in [0.25, 0.3) is 0 Å². The molecule has 0 saturated carbocycles. The van der Waals surface area contributed by atoms with Gasteiger partial charge in [-0.1, -0.05) is 0 Å². The largest absolute Gasteiger partial charge is 0.493 e. The van der Waals surface area contributed by atoms with E-state index in [2.05, 4.69) is 25.5 Å². The zero-order valence-corrected chi connectivity index (χ0v) is 15.1. The van der Waals surface area contributed by atoms with Crippen molar-refractivity contribution < 1.29 is 13.9 Å². The zero-order valence-electron chi connectivity index (χ0n) is 15.1. The molecular formula is C18H18FN7O2. The maximum atomic E-state index is 14.2. The van der Waals surface area contributed by atoms with Crippen LogP contribution < -0.4 is 20.5 Å². The van der Waals surface area contributed by atoms with Crippen LogP contribution in [0.2, 0.25) is 0 Å². The van der Waals surface area contributed by atoms with Crippen LogP contribution in [-0.4, -0.2) is 40.4 Å². The number of aromatic amines is 1. The second-order valence-electron chi connectivity index (χ2n) is 5.64. The van der Waals surface area contributed by atoms with Crippen molar-refractivity contribution in [3.8, 4) is 28.8 Å². The van der Waals surface area contributed by atoms with Crippen LogP contribution in [0.4, 0.5) is 16.0 Å². The van der Waals surface area contributed by atoms with E-state index in [1.807, 2.05) is 6.07 Å². The third kappa shape index (κ3) is 4.16. The molecule has 0 aliphatic carbocycles. The summed E-state index contributed by atoms with van der Waals surface area (Å²) < 4.78 is 25.2. The zero-order chi connectivity index (χ0) is 19.9. The SMILES string of the molecule is COc1c(F)ccc(OCCCN)c1-c1cc(Nc2cnc(C#N)cn2)n[nH]1. The molecule has 0 spiro atoms. The van der Waals surface area contributed by atoms with E-state index in [9.17, 15) is 4.39 Å². The molecule has 0 amide bonds. The third-order valence-electron chi connectivity index (χ3n) is 3.75. The predicted octanol–water partition coefficient (Wildman–Crippen LogP) is 2.36. The van der Waals surface area contributed by atoms with Gasteiger partial charge >= 0.3 is 0 Å². The lowest BCUT2D eigenvalue weighted by atomic mass is 10.1. The van der Waals surface area contributed by atoms with Gasteiger partial charge < -0.3 is 20.5 Å². The maximum Gasteiger partial charge on any atom is 0.167 e. The van der Waals surface area contributed by atoms with Gasteiger partial charge in [-0.2, -0.15) is 10.4 Å². The molecule has 0 fully saturated rings. The summed E-state index contributed by atoms with van der Waals surface area (Å²) in [4.78, 5) is 8.00. The van der Waals surface area contributed by atoms with Gasteiger partial charge in [0.2, 0.25) is 0 Å². The molecule has 3 aromatic rings. The van der Waals surface area contributed by atoms with E-state index in [-0.39, 0.29) is 11.4 Å². The highest BCUT2D eigenvalue weighted by Gasteiger charge is 2.19. The molecule has 144 valence electrons. The Kier molecular flexibility index (Phi) is 5.98. The Morgan fingerprint density at radius 1 is 1.29 bits per heavy atom. The molecule has 0 aliphatic heterocycles. The van der Waals surface area contributed by atoms with E-state index in [0.717, 1.165) is 0 Å². The average molecular weight is 383 g/mol. The van der Waals surface area contributed by atoms with Crippen molar-refractivity contribution in [2.24, 2.45) is 5.73 Å². The highest BCUT2D eigenvalue weighted by atomic mass is 19.1. The number of anilines is 2. The smallest absolute Gasteiger partial charge is 0.167 e. The van der Waals surface area contributed by atoms with Crippen molar-refractivity contribution in [2.75, 3.05) is 25.6 Å². The summed E-state index contributed by atoms with van der Waals surface area (Å²) in [6, 6.07) is 6.37. The van der Waals surface area contributed by atoms with Crippen LogP contribution in [0, 0.1) is 17.1 Å². The summed E-state index contributed by atoms with van der Waals surface area (Å²) in [5.74, 6) is 0.792. The van der Waals surface area contributed by atoms with Gasteiger partial charge in [0.1, 0.15) is 17.6 Å². The van der Waals surface area contributed by atoms with Gasteiger partial charge in [0.05, 0.1) is 37.4 Å². The molecule has 10 heteroatoms. The molecule has 3 rings (SSSR count). The normalized spacial score (nSPS) is 10.4. The van der Waals surface area contributed by atoms with Crippen LogP contribution in [0.1, 0.15) is 12.1 Å². The minimum atomic E-state index is -0.522. The minimum absolute atomic E-state index is 0.0404. The van der Waals surface area contributed by atoms with E-state index in [4.69, 9.17) is 20.5 Å². The van der Waals surface area contributed by atoms with Crippen LogP contribution in [0.15, 0.2) is 30.6 Å². The number of ether oxygens (including phenoxy) is 2. The van der Waals surface area contributed by atoms with Gasteiger partial charge in [-0.3, -0.25) is 5.10 Å². The Hall–Kier alpha value is -3.71. The molecule has 0 aliphatic rings. The molecular weight excluding hydrogens is 365 g/mol. The van der Waals surface area contributed by atoms with Crippen molar-refractivity contribution in [3.63, 3.8) is 0 Å². The van der Waals surface area contributed by atoms with E-state index >= 15 is 0 Å². The number of rotatable bonds is 8. The Morgan fingerprint density at radius 3 is 2.82 bits per heavy atom. The highest BCUT2D eigenvalue weighted by Crippen LogP contribution is 2.40. The fourth-order valence-electron chi connectivity index (χ4n) is 2.47. The van der Waals surface area contributed by atoms with Gasteiger partial charge in [0, 0.05) is 6.07 Å². The number of nitrogens with zero attached hydrogens (tertiary/aromatic N) is 4. The first-order valence-corrected chi connectivity index (χ1v) is 8.40. The van der Waals surface area contributed by atoms with Crippen LogP contribution in [0.3, 0.4) is 0 Å². The number of aromatic nitrogens is 4. The first-order valence-electron chi connectivity index (χ1n) is 8.40. The Labute approximate surface area is 160 Å². The molecule has 28 heavy (non-hydrogen) atoms. The van der Waals surface area contributed by atoms with Crippen molar-refractivity contribution in [1.29, 1.82) is 5.26 Å². The second-order valence-corrected chi connectivity index (χ2v) is 5.64. The molecule has 0 saturated heterocycles. The van der Waals surface area contributed by atoms with Crippen LogP contribution in [0.5, 0.6) is 11.5 Å². The maximum absolute atomic E-state index is 14.2. The molecule has 0 radical (unpaired) electrons. The van der Waals surface area contributed by atoms with Gasteiger partial charge in [-0.05, 0) is 25.1 Å². The number of nitrogens with two attached hydrogens (primary N) is 1. The van der Waals surface area contributed by atoms with Gasteiger partial charge in [-0.25, -0.2) is 14.4 Å².